The SMILES string of the molecule is [C-]#[N+]c1coc(CC2(C(=O)O)CCCC2)n1. The van der Waals surface area contributed by atoms with Crippen molar-refractivity contribution in [3.8, 4) is 0 Å². The first-order chi connectivity index (χ1) is 7.66. The Morgan fingerprint density at radius 1 is 1.62 bits per heavy atom. The number of rotatable bonds is 3. The molecule has 1 heterocycles. The van der Waals surface area contributed by atoms with Gasteiger partial charge in [0.05, 0.1) is 11.8 Å². The molecule has 2 rings (SSSR count). The fourth-order valence-electron chi connectivity index (χ4n) is 2.24. The first-order valence-corrected chi connectivity index (χ1v) is 5.21. The average Bonchev–Trinajstić information content (AvgIpc) is 2.88. The van der Waals surface area contributed by atoms with E-state index in [1.807, 2.05) is 0 Å². The normalized spacial score (nSPS) is 18.2. The molecule has 0 spiro atoms. The summed E-state index contributed by atoms with van der Waals surface area (Å²) in [5.74, 6) is -0.239. The Bertz CT molecular complexity index is 438. The highest BCUT2D eigenvalue weighted by molar-refractivity contribution is 5.75. The van der Waals surface area contributed by atoms with E-state index in [-0.39, 0.29) is 12.2 Å². The molecule has 16 heavy (non-hydrogen) atoms. The van der Waals surface area contributed by atoms with Crippen molar-refractivity contribution in [2.75, 3.05) is 0 Å². The van der Waals surface area contributed by atoms with Crippen molar-refractivity contribution in [3.63, 3.8) is 0 Å². The minimum atomic E-state index is -0.785. The molecule has 0 unspecified atom stereocenters. The second kappa shape index (κ2) is 3.97. The zero-order chi connectivity index (χ0) is 11.6. The predicted molar refractivity (Wildman–Crippen MR) is 55.0 cm³/mol. The van der Waals surface area contributed by atoms with Crippen LogP contribution in [0.2, 0.25) is 0 Å². The van der Waals surface area contributed by atoms with Crippen LogP contribution < -0.4 is 0 Å². The lowest BCUT2D eigenvalue weighted by molar-refractivity contribution is -0.148. The molecule has 1 aliphatic rings. The third kappa shape index (κ3) is 1.78. The Balaban J connectivity index is 2.18. The Morgan fingerprint density at radius 2 is 2.31 bits per heavy atom. The largest absolute Gasteiger partial charge is 0.481 e. The number of aromatic nitrogens is 1. The molecule has 0 saturated heterocycles. The van der Waals surface area contributed by atoms with Crippen LogP contribution in [0.4, 0.5) is 5.82 Å². The average molecular weight is 220 g/mol. The zero-order valence-corrected chi connectivity index (χ0v) is 8.77. The highest BCUT2D eigenvalue weighted by Crippen LogP contribution is 2.41. The zero-order valence-electron chi connectivity index (χ0n) is 8.77. The van der Waals surface area contributed by atoms with Gasteiger partial charge < -0.3 is 14.4 Å². The molecule has 1 fully saturated rings. The maximum absolute atomic E-state index is 11.3. The van der Waals surface area contributed by atoms with Gasteiger partial charge in [-0.2, -0.15) is 0 Å². The van der Waals surface area contributed by atoms with Crippen LogP contribution in [0.15, 0.2) is 10.7 Å². The van der Waals surface area contributed by atoms with Crippen LogP contribution in [0, 0.1) is 12.0 Å². The van der Waals surface area contributed by atoms with Crippen molar-refractivity contribution < 1.29 is 14.3 Å². The number of hydrogen-bond donors (Lipinski definition) is 1. The summed E-state index contributed by atoms with van der Waals surface area (Å²) >= 11 is 0. The standard InChI is InChI=1S/C11H12N2O3/c1-12-8-7-16-9(13-8)6-11(10(14)15)4-2-3-5-11/h7H,2-6H2,(H,14,15). The van der Waals surface area contributed by atoms with Crippen LogP contribution in [0.1, 0.15) is 31.6 Å². The number of carboxylic acids is 1. The number of oxazole rings is 1. The highest BCUT2D eigenvalue weighted by Gasteiger charge is 2.43. The second-order valence-electron chi connectivity index (χ2n) is 4.18. The first kappa shape index (κ1) is 10.7. The number of carbonyl (C=O) groups is 1. The lowest BCUT2D eigenvalue weighted by atomic mass is 9.83. The predicted octanol–water partition coefficient (Wildman–Crippen LogP) is 2.41. The Labute approximate surface area is 92.9 Å². The monoisotopic (exact) mass is 220 g/mol. The quantitative estimate of drug-likeness (QED) is 0.794. The summed E-state index contributed by atoms with van der Waals surface area (Å²) in [6.45, 7) is 6.76. The number of hydrogen-bond acceptors (Lipinski definition) is 3. The minimum absolute atomic E-state index is 0.188. The van der Waals surface area contributed by atoms with Crippen molar-refractivity contribution in [3.05, 3.63) is 23.6 Å². The van der Waals surface area contributed by atoms with Gasteiger partial charge in [0, 0.05) is 0 Å². The van der Waals surface area contributed by atoms with Gasteiger partial charge in [-0.05, 0) is 12.8 Å². The maximum atomic E-state index is 11.3. The summed E-state index contributed by atoms with van der Waals surface area (Å²) in [5, 5.41) is 9.26. The van der Waals surface area contributed by atoms with E-state index in [0.717, 1.165) is 12.8 Å². The van der Waals surface area contributed by atoms with Crippen LogP contribution in [-0.2, 0) is 11.2 Å². The summed E-state index contributed by atoms with van der Waals surface area (Å²) in [7, 11) is 0. The van der Waals surface area contributed by atoms with E-state index in [9.17, 15) is 9.90 Å². The fraction of sp³-hybridized carbons (Fsp3) is 0.545. The Morgan fingerprint density at radius 3 is 2.81 bits per heavy atom. The fourth-order valence-corrected chi connectivity index (χ4v) is 2.24. The molecular weight excluding hydrogens is 208 g/mol. The summed E-state index contributed by atoms with van der Waals surface area (Å²) in [5.41, 5.74) is -0.732. The molecule has 0 amide bonds. The van der Waals surface area contributed by atoms with E-state index in [2.05, 4.69) is 9.83 Å². The van der Waals surface area contributed by atoms with Crippen molar-refractivity contribution in [1.82, 2.24) is 4.98 Å². The van der Waals surface area contributed by atoms with Gasteiger partial charge in [-0.25, -0.2) is 0 Å². The molecule has 0 radical (unpaired) electrons. The molecule has 0 bridgehead atoms. The molecular formula is C11H12N2O3. The van der Waals surface area contributed by atoms with Gasteiger partial charge >= 0.3 is 11.8 Å². The number of aliphatic carboxylic acids is 1. The van der Waals surface area contributed by atoms with Crippen molar-refractivity contribution >= 4 is 11.8 Å². The highest BCUT2D eigenvalue weighted by atomic mass is 16.4. The first-order valence-electron chi connectivity index (χ1n) is 5.21. The van der Waals surface area contributed by atoms with Crippen LogP contribution in [-0.4, -0.2) is 16.1 Å². The third-order valence-corrected chi connectivity index (χ3v) is 3.16. The number of nitrogens with zero attached hydrogens (tertiary/aromatic N) is 2. The molecule has 84 valence electrons. The molecule has 1 saturated carbocycles. The molecule has 0 atom stereocenters. The van der Waals surface area contributed by atoms with E-state index in [0.29, 0.717) is 18.7 Å². The Hall–Kier alpha value is -1.83. The topological polar surface area (TPSA) is 67.7 Å². The van der Waals surface area contributed by atoms with E-state index in [1.54, 1.807) is 0 Å². The van der Waals surface area contributed by atoms with Crippen molar-refractivity contribution in [2.24, 2.45) is 5.41 Å². The molecule has 0 aromatic carbocycles. The van der Waals surface area contributed by atoms with Crippen LogP contribution in [0.25, 0.3) is 4.85 Å². The van der Waals surface area contributed by atoms with E-state index < -0.39 is 11.4 Å². The summed E-state index contributed by atoms with van der Waals surface area (Å²) in [6.07, 6.45) is 4.76. The van der Waals surface area contributed by atoms with Crippen molar-refractivity contribution in [1.29, 1.82) is 0 Å². The Kier molecular flexibility index (Phi) is 2.65. The summed E-state index contributed by atoms with van der Waals surface area (Å²) in [4.78, 5) is 18.3. The smallest absolute Gasteiger partial charge is 0.310 e. The molecule has 1 aromatic heterocycles. The van der Waals surface area contributed by atoms with Gasteiger partial charge in [0.25, 0.3) is 5.89 Å². The summed E-state index contributed by atoms with van der Waals surface area (Å²) < 4.78 is 5.10. The van der Waals surface area contributed by atoms with Crippen LogP contribution in [0.3, 0.4) is 0 Å². The van der Waals surface area contributed by atoms with Crippen molar-refractivity contribution in [2.45, 2.75) is 32.1 Å². The minimum Gasteiger partial charge on any atom is -0.481 e. The lowest BCUT2D eigenvalue weighted by Crippen LogP contribution is -2.30. The van der Waals surface area contributed by atoms with Gasteiger partial charge in [-0.3, -0.25) is 4.79 Å². The molecule has 5 nitrogen and oxygen atoms in total. The van der Waals surface area contributed by atoms with Crippen LogP contribution in [0.5, 0.6) is 0 Å². The van der Waals surface area contributed by atoms with Gasteiger partial charge in [0.1, 0.15) is 6.26 Å². The van der Waals surface area contributed by atoms with Gasteiger partial charge in [0.15, 0.2) is 0 Å². The van der Waals surface area contributed by atoms with Gasteiger partial charge in [0.2, 0.25) is 0 Å². The van der Waals surface area contributed by atoms with E-state index in [1.165, 1.54) is 6.26 Å². The second-order valence-corrected chi connectivity index (χ2v) is 4.18. The molecule has 1 aromatic rings. The lowest BCUT2D eigenvalue weighted by Gasteiger charge is -2.20. The van der Waals surface area contributed by atoms with E-state index in [4.69, 9.17) is 11.0 Å². The van der Waals surface area contributed by atoms with Gasteiger partial charge in [-0.1, -0.05) is 24.4 Å². The molecule has 5 heteroatoms. The van der Waals surface area contributed by atoms with E-state index >= 15 is 0 Å². The third-order valence-electron chi connectivity index (χ3n) is 3.16. The van der Waals surface area contributed by atoms with Gasteiger partial charge in [-0.15, -0.1) is 0 Å². The van der Waals surface area contributed by atoms with Crippen LogP contribution >= 0.6 is 0 Å². The number of carboxylic acid groups (broad SMARTS) is 1. The maximum Gasteiger partial charge on any atom is 0.310 e. The summed E-state index contributed by atoms with van der Waals surface area (Å²) in [6, 6.07) is 0. The molecule has 0 aliphatic heterocycles. The molecule has 1 aliphatic carbocycles. The molecule has 1 N–H and O–H groups in total.